The van der Waals surface area contributed by atoms with Gasteiger partial charge in [0.1, 0.15) is 0 Å². The third-order valence-corrected chi connectivity index (χ3v) is 3.41. The molecule has 1 atom stereocenters. The lowest BCUT2D eigenvalue weighted by molar-refractivity contribution is -0.137. The highest BCUT2D eigenvalue weighted by atomic mass is 19.4. The van der Waals surface area contributed by atoms with Gasteiger partial charge in [0.05, 0.1) is 17.2 Å². The Kier molecular flexibility index (Phi) is 3.67. The third-order valence-electron chi connectivity index (χ3n) is 3.41. The van der Waals surface area contributed by atoms with E-state index < -0.39 is 11.7 Å². The maximum absolute atomic E-state index is 12.9. The number of anilines is 1. The third kappa shape index (κ3) is 2.82. The van der Waals surface area contributed by atoms with E-state index in [-0.39, 0.29) is 5.56 Å². The van der Waals surface area contributed by atoms with Crippen molar-refractivity contribution in [1.29, 1.82) is 5.26 Å². The fourth-order valence-electron chi connectivity index (χ4n) is 2.32. The van der Waals surface area contributed by atoms with Crippen LogP contribution < -0.4 is 10.6 Å². The van der Waals surface area contributed by atoms with E-state index >= 15 is 0 Å². The summed E-state index contributed by atoms with van der Waals surface area (Å²) in [5, 5.41) is 8.74. The fourth-order valence-corrected chi connectivity index (χ4v) is 2.32. The molecule has 3 nitrogen and oxygen atoms in total. The lowest BCUT2D eigenvalue weighted by Gasteiger charge is -2.20. The summed E-state index contributed by atoms with van der Waals surface area (Å²) in [6.45, 7) is 1.91. The number of rotatable bonds is 2. The monoisotopic (exact) mass is 269 g/mol. The van der Waals surface area contributed by atoms with Crippen LogP contribution in [0.25, 0.3) is 0 Å². The number of alkyl halides is 3. The van der Waals surface area contributed by atoms with Gasteiger partial charge in [-0.3, -0.25) is 0 Å². The SMILES string of the molecule is N#Cc1ccc(N2CCC(CN)C2)cc1C(F)(F)F. The summed E-state index contributed by atoms with van der Waals surface area (Å²) in [7, 11) is 0. The first-order valence-electron chi connectivity index (χ1n) is 6.02. The molecule has 102 valence electrons. The number of hydrogen-bond acceptors (Lipinski definition) is 3. The molecule has 1 aromatic carbocycles. The molecule has 0 spiro atoms. The van der Waals surface area contributed by atoms with E-state index in [9.17, 15) is 13.2 Å². The van der Waals surface area contributed by atoms with Crippen molar-refractivity contribution in [3.05, 3.63) is 29.3 Å². The van der Waals surface area contributed by atoms with E-state index in [2.05, 4.69) is 0 Å². The van der Waals surface area contributed by atoms with Crippen molar-refractivity contribution in [1.82, 2.24) is 0 Å². The molecule has 0 amide bonds. The Labute approximate surface area is 109 Å². The predicted octanol–water partition coefficient (Wildman–Crippen LogP) is 2.36. The average molecular weight is 269 g/mol. The molecule has 0 aromatic heterocycles. The normalized spacial score (nSPS) is 19.5. The van der Waals surface area contributed by atoms with Crippen LogP contribution in [-0.2, 0) is 6.18 Å². The zero-order chi connectivity index (χ0) is 14.0. The molecule has 6 heteroatoms. The summed E-state index contributed by atoms with van der Waals surface area (Å²) in [4.78, 5) is 1.88. The molecule has 1 saturated heterocycles. The van der Waals surface area contributed by atoms with Gasteiger partial charge in [-0.05, 0) is 37.1 Å². The number of halogens is 3. The van der Waals surface area contributed by atoms with Crippen LogP contribution in [0.1, 0.15) is 17.5 Å². The van der Waals surface area contributed by atoms with E-state index in [0.717, 1.165) is 12.5 Å². The highest BCUT2D eigenvalue weighted by molar-refractivity contribution is 5.55. The highest BCUT2D eigenvalue weighted by Crippen LogP contribution is 2.35. The van der Waals surface area contributed by atoms with Gasteiger partial charge in [-0.1, -0.05) is 0 Å². The molecule has 2 rings (SSSR count). The first kappa shape index (κ1) is 13.7. The van der Waals surface area contributed by atoms with Gasteiger partial charge in [-0.15, -0.1) is 0 Å². The van der Waals surface area contributed by atoms with Crippen LogP contribution in [-0.4, -0.2) is 19.6 Å². The van der Waals surface area contributed by atoms with E-state index in [1.807, 2.05) is 4.90 Å². The Morgan fingerprint density at radius 3 is 2.68 bits per heavy atom. The van der Waals surface area contributed by atoms with Gasteiger partial charge in [-0.25, -0.2) is 0 Å². The van der Waals surface area contributed by atoms with Crippen LogP contribution in [0.15, 0.2) is 18.2 Å². The summed E-state index contributed by atoms with van der Waals surface area (Å²) in [6, 6.07) is 5.43. The zero-order valence-electron chi connectivity index (χ0n) is 10.2. The molecule has 1 aliphatic heterocycles. The number of benzene rings is 1. The Bertz CT molecular complexity index is 505. The van der Waals surface area contributed by atoms with Crippen molar-refractivity contribution < 1.29 is 13.2 Å². The van der Waals surface area contributed by atoms with E-state index in [0.29, 0.717) is 31.2 Å². The summed E-state index contributed by atoms with van der Waals surface area (Å²) in [5.74, 6) is 0.324. The minimum absolute atomic E-state index is 0.324. The topological polar surface area (TPSA) is 53.0 Å². The van der Waals surface area contributed by atoms with Crippen molar-refractivity contribution in [3.8, 4) is 6.07 Å². The number of nitrogens with zero attached hydrogens (tertiary/aromatic N) is 2. The zero-order valence-corrected chi connectivity index (χ0v) is 10.2. The molecule has 2 N–H and O–H groups in total. The first-order chi connectivity index (χ1) is 8.95. The maximum Gasteiger partial charge on any atom is 0.417 e. The van der Waals surface area contributed by atoms with Crippen molar-refractivity contribution in [2.75, 3.05) is 24.5 Å². The number of nitrogens with two attached hydrogens (primary N) is 1. The van der Waals surface area contributed by atoms with Crippen molar-refractivity contribution in [2.24, 2.45) is 11.7 Å². The van der Waals surface area contributed by atoms with Crippen LogP contribution >= 0.6 is 0 Å². The summed E-state index contributed by atoms with van der Waals surface area (Å²) in [5.41, 5.74) is 4.86. The largest absolute Gasteiger partial charge is 0.417 e. The van der Waals surface area contributed by atoms with Crippen molar-refractivity contribution in [2.45, 2.75) is 12.6 Å². The van der Waals surface area contributed by atoms with Crippen LogP contribution in [0.4, 0.5) is 18.9 Å². The van der Waals surface area contributed by atoms with E-state index in [4.69, 9.17) is 11.0 Å². The Morgan fingerprint density at radius 1 is 1.42 bits per heavy atom. The molecular formula is C13H14F3N3. The molecule has 1 aliphatic rings. The minimum atomic E-state index is -4.51. The Hall–Kier alpha value is -1.74. The van der Waals surface area contributed by atoms with Crippen LogP contribution in [0.3, 0.4) is 0 Å². The molecule has 1 aromatic rings. The van der Waals surface area contributed by atoms with Gasteiger partial charge >= 0.3 is 6.18 Å². The molecule has 1 unspecified atom stereocenters. The molecule has 0 aliphatic carbocycles. The van der Waals surface area contributed by atoms with E-state index in [1.165, 1.54) is 6.07 Å². The molecule has 19 heavy (non-hydrogen) atoms. The van der Waals surface area contributed by atoms with Crippen molar-refractivity contribution in [3.63, 3.8) is 0 Å². The quantitative estimate of drug-likeness (QED) is 0.896. The second-order valence-corrected chi connectivity index (χ2v) is 4.68. The van der Waals surface area contributed by atoms with Gasteiger partial charge in [-0.2, -0.15) is 18.4 Å². The Balaban J connectivity index is 2.32. The maximum atomic E-state index is 12.9. The second-order valence-electron chi connectivity index (χ2n) is 4.68. The minimum Gasteiger partial charge on any atom is -0.371 e. The van der Waals surface area contributed by atoms with Crippen LogP contribution in [0.2, 0.25) is 0 Å². The van der Waals surface area contributed by atoms with Gasteiger partial charge in [0.2, 0.25) is 0 Å². The van der Waals surface area contributed by atoms with Crippen molar-refractivity contribution >= 4 is 5.69 Å². The van der Waals surface area contributed by atoms with Gasteiger partial charge in [0.15, 0.2) is 0 Å². The van der Waals surface area contributed by atoms with Crippen LogP contribution in [0, 0.1) is 17.2 Å². The fraction of sp³-hybridized carbons (Fsp3) is 0.462. The first-order valence-corrected chi connectivity index (χ1v) is 6.02. The molecule has 0 saturated carbocycles. The average Bonchev–Trinajstić information content (AvgIpc) is 2.85. The highest BCUT2D eigenvalue weighted by Gasteiger charge is 2.34. The van der Waals surface area contributed by atoms with Gasteiger partial charge < -0.3 is 10.6 Å². The van der Waals surface area contributed by atoms with Gasteiger partial charge in [0, 0.05) is 18.8 Å². The van der Waals surface area contributed by atoms with Gasteiger partial charge in [0.25, 0.3) is 0 Å². The lowest BCUT2D eigenvalue weighted by Crippen LogP contribution is -2.23. The molecular weight excluding hydrogens is 255 g/mol. The second kappa shape index (κ2) is 5.10. The lowest BCUT2D eigenvalue weighted by atomic mass is 10.1. The summed E-state index contributed by atoms with van der Waals surface area (Å²) in [6.07, 6.45) is -3.62. The predicted molar refractivity (Wildman–Crippen MR) is 65.5 cm³/mol. The molecule has 1 fully saturated rings. The molecule has 0 bridgehead atoms. The standard InChI is InChI=1S/C13H14F3N3/c14-13(15,16)12-5-11(2-1-10(12)7-18)19-4-3-9(6-17)8-19/h1-2,5,9H,3-4,6,8,17H2. The van der Waals surface area contributed by atoms with Crippen LogP contribution in [0.5, 0.6) is 0 Å². The molecule has 1 heterocycles. The summed E-state index contributed by atoms with van der Waals surface area (Å²) < 4.78 is 38.6. The van der Waals surface area contributed by atoms with E-state index in [1.54, 1.807) is 12.1 Å². The Morgan fingerprint density at radius 2 is 2.16 bits per heavy atom. The smallest absolute Gasteiger partial charge is 0.371 e. The number of hydrogen-bond donors (Lipinski definition) is 1. The summed E-state index contributed by atoms with van der Waals surface area (Å²) >= 11 is 0. The number of nitriles is 1. The molecule has 0 radical (unpaired) electrons.